The normalized spacial score (nSPS) is 21.4. The van der Waals surface area contributed by atoms with Gasteiger partial charge >= 0.3 is 5.97 Å². The summed E-state index contributed by atoms with van der Waals surface area (Å²) in [7, 11) is 0. The number of nitrogens with zero attached hydrogens (tertiary/aromatic N) is 2. The highest BCUT2D eigenvalue weighted by atomic mass is 16.4. The first-order valence-electron chi connectivity index (χ1n) is 9.19. The summed E-state index contributed by atoms with van der Waals surface area (Å²) >= 11 is 0. The van der Waals surface area contributed by atoms with Crippen LogP contribution < -0.4 is 5.32 Å². The van der Waals surface area contributed by atoms with Crippen molar-refractivity contribution < 1.29 is 24.6 Å². The van der Waals surface area contributed by atoms with Crippen LogP contribution in [0.3, 0.4) is 0 Å². The van der Waals surface area contributed by atoms with Crippen molar-refractivity contribution in [2.45, 2.75) is 25.5 Å². The van der Waals surface area contributed by atoms with E-state index in [-0.39, 0.29) is 29.2 Å². The van der Waals surface area contributed by atoms with E-state index in [2.05, 4.69) is 10.3 Å². The number of aliphatic hydroxyl groups is 1. The van der Waals surface area contributed by atoms with E-state index in [0.29, 0.717) is 23.2 Å². The molecule has 1 saturated heterocycles. The van der Waals surface area contributed by atoms with Crippen molar-refractivity contribution in [2.24, 2.45) is 5.92 Å². The lowest BCUT2D eigenvalue weighted by Crippen LogP contribution is -2.61. The van der Waals surface area contributed by atoms with Crippen LogP contribution in [0.1, 0.15) is 29.4 Å². The van der Waals surface area contributed by atoms with Gasteiger partial charge in [0.25, 0.3) is 5.91 Å². The van der Waals surface area contributed by atoms with Crippen LogP contribution in [0.15, 0.2) is 54.4 Å². The Morgan fingerprint density at radius 1 is 1.21 bits per heavy atom. The second-order valence-electron chi connectivity index (χ2n) is 7.12. The lowest BCUT2D eigenvalue weighted by molar-refractivity contribution is -0.161. The molecule has 1 aromatic carbocycles. The molecule has 29 heavy (non-hydrogen) atoms. The minimum atomic E-state index is -1.17. The zero-order chi connectivity index (χ0) is 20.7. The molecule has 0 unspecified atom stereocenters. The molecular formula is C21H19N3O5. The molecule has 0 saturated carbocycles. The fourth-order valence-corrected chi connectivity index (χ4v) is 3.97. The zero-order valence-corrected chi connectivity index (χ0v) is 15.6. The van der Waals surface area contributed by atoms with E-state index in [1.54, 1.807) is 42.5 Å². The number of aromatic nitrogens is 1. The lowest BCUT2D eigenvalue weighted by Gasteiger charge is -2.44. The van der Waals surface area contributed by atoms with E-state index in [4.69, 9.17) is 0 Å². The Balaban J connectivity index is 1.57. The van der Waals surface area contributed by atoms with Gasteiger partial charge in [-0.05, 0) is 48.7 Å². The molecular weight excluding hydrogens is 374 g/mol. The second-order valence-corrected chi connectivity index (χ2v) is 7.12. The number of carbonyl (C=O) groups is 3. The van der Waals surface area contributed by atoms with Crippen molar-refractivity contribution in [2.75, 3.05) is 5.32 Å². The van der Waals surface area contributed by atoms with Crippen LogP contribution in [0.25, 0.3) is 5.57 Å². The lowest BCUT2D eigenvalue weighted by atomic mass is 9.82. The number of rotatable bonds is 5. The molecule has 8 heteroatoms. The van der Waals surface area contributed by atoms with Gasteiger partial charge in [0, 0.05) is 11.9 Å². The number of fused-ring (bicyclic) bond motifs is 1. The molecule has 0 spiro atoms. The van der Waals surface area contributed by atoms with Gasteiger partial charge < -0.3 is 20.4 Å². The molecule has 3 heterocycles. The van der Waals surface area contributed by atoms with E-state index >= 15 is 0 Å². The van der Waals surface area contributed by atoms with Gasteiger partial charge in [0.05, 0.1) is 18.1 Å². The Hall–Kier alpha value is -3.52. The van der Waals surface area contributed by atoms with Crippen molar-refractivity contribution in [1.82, 2.24) is 9.88 Å². The monoisotopic (exact) mass is 393 g/mol. The van der Waals surface area contributed by atoms with Crippen LogP contribution in [0.4, 0.5) is 5.69 Å². The number of aliphatic carboxylic acids is 1. The van der Waals surface area contributed by atoms with E-state index in [1.165, 1.54) is 18.0 Å². The zero-order valence-electron chi connectivity index (χ0n) is 15.6. The van der Waals surface area contributed by atoms with Crippen LogP contribution in [-0.4, -0.2) is 50.0 Å². The van der Waals surface area contributed by atoms with Crippen molar-refractivity contribution in [1.29, 1.82) is 0 Å². The van der Waals surface area contributed by atoms with Crippen LogP contribution >= 0.6 is 0 Å². The minimum Gasteiger partial charge on any atom is -0.477 e. The fourth-order valence-electron chi connectivity index (χ4n) is 3.97. The summed E-state index contributed by atoms with van der Waals surface area (Å²) in [6.45, 7) is 1.54. The number of carbonyl (C=O) groups excluding carboxylic acids is 2. The third-order valence-electron chi connectivity index (χ3n) is 5.32. The number of carboxylic acid groups (broad SMARTS) is 1. The van der Waals surface area contributed by atoms with E-state index in [1.807, 2.05) is 0 Å². The van der Waals surface area contributed by atoms with Crippen LogP contribution in [0.5, 0.6) is 0 Å². The maximum absolute atomic E-state index is 12.3. The van der Waals surface area contributed by atoms with Gasteiger partial charge in [-0.1, -0.05) is 18.2 Å². The molecule has 2 aromatic rings. The maximum atomic E-state index is 12.3. The van der Waals surface area contributed by atoms with Crippen molar-refractivity contribution in [3.63, 3.8) is 0 Å². The predicted octanol–water partition coefficient (Wildman–Crippen LogP) is 1.74. The highest BCUT2D eigenvalue weighted by Gasteiger charge is 2.56. The van der Waals surface area contributed by atoms with Crippen molar-refractivity contribution >= 4 is 29.0 Å². The van der Waals surface area contributed by atoms with Gasteiger partial charge in [-0.2, -0.15) is 0 Å². The number of pyridine rings is 1. The molecule has 0 aliphatic carbocycles. The van der Waals surface area contributed by atoms with Crippen molar-refractivity contribution in [3.05, 3.63) is 65.6 Å². The highest BCUT2D eigenvalue weighted by molar-refractivity contribution is 6.06. The number of hydrogen-bond donors (Lipinski definition) is 3. The molecule has 8 nitrogen and oxygen atoms in total. The molecule has 2 aliphatic heterocycles. The highest BCUT2D eigenvalue weighted by Crippen LogP contribution is 2.46. The first-order chi connectivity index (χ1) is 13.9. The summed E-state index contributed by atoms with van der Waals surface area (Å²) in [5.74, 6) is -2.47. The Bertz CT molecular complexity index is 1010. The molecule has 3 N–H and O–H groups in total. The van der Waals surface area contributed by atoms with Gasteiger partial charge in [-0.3, -0.25) is 14.6 Å². The molecule has 1 aromatic heterocycles. The second kappa shape index (κ2) is 7.14. The minimum absolute atomic E-state index is 0.0397. The molecule has 3 atom stereocenters. The van der Waals surface area contributed by atoms with Crippen LogP contribution in [0, 0.1) is 5.92 Å². The third kappa shape index (κ3) is 3.17. The summed E-state index contributed by atoms with van der Waals surface area (Å²) in [5, 5.41) is 22.2. The number of nitrogens with one attached hydrogen (secondary N) is 1. The van der Waals surface area contributed by atoms with Gasteiger partial charge in [0.2, 0.25) is 5.91 Å². The quantitative estimate of drug-likeness (QED) is 0.666. The van der Waals surface area contributed by atoms with Gasteiger partial charge in [0.1, 0.15) is 11.4 Å². The first kappa shape index (κ1) is 18.8. The maximum Gasteiger partial charge on any atom is 0.352 e. The molecule has 4 rings (SSSR count). The van der Waals surface area contributed by atoms with Crippen LogP contribution in [0.2, 0.25) is 0 Å². The third-order valence-corrected chi connectivity index (χ3v) is 5.32. The Morgan fingerprint density at radius 2 is 1.93 bits per heavy atom. The van der Waals surface area contributed by atoms with Gasteiger partial charge in [-0.25, -0.2) is 4.79 Å². The average molecular weight is 393 g/mol. The SMILES string of the molecule is C[C@@H](O)[C@H]1C(=O)N2C(C(=O)O)=C(c3ccc(NC(=O)c4ccccn4)cc3)C[C@H]12. The molecule has 2 aliphatic rings. The number of hydrogen-bond acceptors (Lipinski definition) is 5. The Kier molecular flexibility index (Phi) is 4.63. The summed E-state index contributed by atoms with van der Waals surface area (Å²) in [4.78, 5) is 41.6. The molecule has 1 fully saturated rings. The van der Waals surface area contributed by atoms with Crippen molar-refractivity contribution in [3.8, 4) is 0 Å². The summed E-state index contributed by atoms with van der Waals surface area (Å²) in [5.41, 5.74) is 1.99. The molecule has 0 radical (unpaired) electrons. The van der Waals surface area contributed by atoms with E-state index in [0.717, 1.165) is 0 Å². The standard InChI is InChI=1S/C21H19N3O5/c1-11(25)17-16-10-14(18(21(28)29)24(16)20(17)27)12-5-7-13(8-6-12)23-19(26)15-4-2-3-9-22-15/h2-9,11,16-17,25H,10H2,1H3,(H,23,26)(H,28,29)/t11-,16-,17-/m1/s1. The number of aliphatic hydroxyl groups excluding tert-OH is 1. The number of carboxylic acids is 1. The van der Waals surface area contributed by atoms with Gasteiger partial charge in [-0.15, -0.1) is 0 Å². The largest absolute Gasteiger partial charge is 0.477 e. The summed E-state index contributed by atoms with van der Waals surface area (Å²) in [6.07, 6.45) is 1.06. The average Bonchev–Trinajstić information content (AvgIpc) is 3.04. The predicted molar refractivity (Wildman–Crippen MR) is 104 cm³/mol. The summed E-state index contributed by atoms with van der Waals surface area (Å²) < 4.78 is 0. The summed E-state index contributed by atoms with van der Waals surface area (Å²) in [6, 6.07) is 11.5. The van der Waals surface area contributed by atoms with E-state index in [9.17, 15) is 24.6 Å². The Labute approximate surface area is 166 Å². The first-order valence-corrected chi connectivity index (χ1v) is 9.19. The van der Waals surface area contributed by atoms with E-state index < -0.39 is 18.0 Å². The number of β-lactam (4-membered cyclic amide) rings is 1. The number of anilines is 1. The fraction of sp³-hybridized carbons (Fsp3) is 0.238. The number of benzene rings is 1. The van der Waals surface area contributed by atoms with Gasteiger partial charge in [0.15, 0.2) is 0 Å². The Morgan fingerprint density at radius 3 is 2.52 bits per heavy atom. The van der Waals surface area contributed by atoms with Crippen LogP contribution in [-0.2, 0) is 9.59 Å². The smallest absolute Gasteiger partial charge is 0.352 e. The topological polar surface area (TPSA) is 120 Å². The molecule has 2 amide bonds. The molecule has 148 valence electrons. The molecule has 0 bridgehead atoms. The number of amides is 2.